The number of para-hydroxylation sites is 1. The Morgan fingerprint density at radius 2 is 2.10 bits per heavy atom. The lowest BCUT2D eigenvalue weighted by atomic mass is 10.2. The maximum atomic E-state index is 5.95. The molecule has 0 radical (unpaired) electrons. The monoisotopic (exact) mass is 304 g/mol. The van der Waals surface area contributed by atoms with Gasteiger partial charge in [-0.25, -0.2) is 4.98 Å². The van der Waals surface area contributed by atoms with E-state index in [4.69, 9.17) is 4.74 Å². The van der Waals surface area contributed by atoms with Crippen molar-refractivity contribution in [3.8, 4) is 5.75 Å². The number of hydrogen-bond acceptors (Lipinski definition) is 4. The highest BCUT2D eigenvalue weighted by molar-refractivity contribution is 7.09. The molecule has 0 spiro atoms. The summed E-state index contributed by atoms with van der Waals surface area (Å²) in [6, 6.07) is 8.20. The second-order valence-electron chi connectivity index (χ2n) is 5.40. The van der Waals surface area contributed by atoms with Crippen molar-refractivity contribution in [3.05, 3.63) is 45.9 Å². The van der Waals surface area contributed by atoms with Crippen LogP contribution in [0.5, 0.6) is 5.75 Å². The Morgan fingerprint density at radius 1 is 1.29 bits per heavy atom. The van der Waals surface area contributed by atoms with Crippen LogP contribution in [-0.4, -0.2) is 11.5 Å². The molecule has 2 aromatic rings. The molecular formula is C17H24N2OS. The summed E-state index contributed by atoms with van der Waals surface area (Å²) in [5.74, 6) is 1.43. The SMILES string of the molecule is CCCNCc1ccccc1OCc1csc(C(C)C)n1. The van der Waals surface area contributed by atoms with Crippen molar-refractivity contribution in [3.63, 3.8) is 0 Å². The fourth-order valence-corrected chi connectivity index (χ4v) is 2.82. The molecule has 3 nitrogen and oxygen atoms in total. The Balaban J connectivity index is 1.95. The fraction of sp³-hybridized carbons (Fsp3) is 0.471. The largest absolute Gasteiger partial charge is 0.487 e. The highest BCUT2D eigenvalue weighted by Crippen LogP contribution is 2.22. The maximum absolute atomic E-state index is 5.95. The van der Waals surface area contributed by atoms with Crippen LogP contribution in [0.2, 0.25) is 0 Å². The predicted molar refractivity (Wildman–Crippen MR) is 89.0 cm³/mol. The lowest BCUT2D eigenvalue weighted by Gasteiger charge is -2.11. The van der Waals surface area contributed by atoms with E-state index in [-0.39, 0.29) is 0 Å². The molecule has 0 unspecified atom stereocenters. The van der Waals surface area contributed by atoms with E-state index in [0.717, 1.165) is 31.0 Å². The van der Waals surface area contributed by atoms with Gasteiger partial charge >= 0.3 is 0 Å². The molecular weight excluding hydrogens is 280 g/mol. The summed E-state index contributed by atoms with van der Waals surface area (Å²) < 4.78 is 5.95. The topological polar surface area (TPSA) is 34.1 Å². The summed E-state index contributed by atoms with van der Waals surface area (Å²) in [4.78, 5) is 4.61. The van der Waals surface area contributed by atoms with E-state index < -0.39 is 0 Å². The predicted octanol–water partition coefficient (Wildman–Crippen LogP) is 4.35. The first-order valence-corrected chi connectivity index (χ1v) is 8.44. The van der Waals surface area contributed by atoms with Gasteiger partial charge in [0.1, 0.15) is 12.4 Å². The van der Waals surface area contributed by atoms with Crippen LogP contribution in [0, 0.1) is 0 Å². The number of thiazole rings is 1. The van der Waals surface area contributed by atoms with E-state index in [1.807, 2.05) is 12.1 Å². The van der Waals surface area contributed by atoms with Crippen molar-refractivity contribution in [1.82, 2.24) is 10.3 Å². The lowest BCUT2D eigenvalue weighted by Crippen LogP contribution is -2.14. The highest BCUT2D eigenvalue weighted by Gasteiger charge is 2.08. The van der Waals surface area contributed by atoms with Gasteiger partial charge in [-0.05, 0) is 19.0 Å². The van der Waals surface area contributed by atoms with Crippen molar-refractivity contribution >= 4 is 11.3 Å². The minimum atomic E-state index is 0.481. The third-order valence-electron chi connectivity index (χ3n) is 3.15. The van der Waals surface area contributed by atoms with Crippen LogP contribution in [0.4, 0.5) is 0 Å². The molecule has 0 aliphatic rings. The number of aromatic nitrogens is 1. The molecule has 0 fully saturated rings. The zero-order valence-corrected chi connectivity index (χ0v) is 13.9. The van der Waals surface area contributed by atoms with Crippen molar-refractivity contribution in [2.24, 2.45) is 0 Å². The van der Waals surface area contributed by atoms with Crippen LogP contribution in [0.15, 0.2) is 29.6 Å². The van der Waals surface area contributed by atoms with Crippen molar-refractivity contribution in [2.75, 3.05) is 6.54 Å². The first kappa shape index (κ1) is 16.0. The quantitative estimate of drug-likeness (QED) is 0.736. The van der Waals surface area contributed by atoms with E-state index in [1.54, 1.807) is 11.3 Å². The molecule has 4 heteroatoms. The van der Waals surface area contributed by atoms with Crippen LogP contribution in [0.3, 0.4) is 0 Å². The second kappa shape index (κ2) is 8.15. The summed E-state index contributed by atoms with van der Waals surface area (Å²) in [5, 5.41) is 6.68. The number of benzene rings is 1. The Hall–Kier alpha value is -1.39. The molecule has 0 amide bonds. The highest BCUT2D eigenvalue weighted by atomic mass is 32.1. The normalized spacial score (nSPS) is 11.0. The lowest BCUT2D eigenvalue weighted by molar-refractivity contribution is 0.298. The molecule has 0 atom stereocenters. The molecule has 1 heterocycles. The van der Waals surface area contributed by atoms with Gasteiger partial charge in [0.05, 0.1) is 10.7 Å². The van der Waals surface area contributed by atoms with Gasteiger partial charge in [-0.1, -0.05) is 39.0 Å². The molecule has 0 saturated heterocycles. The maximum Gasteiger partial charge on any atom is 0.131 e. The van der Waals surface area contributed by atoms with E-state index >= 15 is 0 Å². The van der Waals surface area contributed by atoms with Crippen LogP contribution in [0.25, 0.3) is 0 Å². The number of ether oxygens (including phenoxy) is 1. The molecule has 0 aliphatic carbocycles. The van der Waals surface area contributed by atoms with Crippen molar-refractivity contribution < 1.29 is 4.74 Å². The van der Waals surface area contributed by atoms with Gasteiger partial charge in [0.15, 0.2) is 0 Å². The number of rotatable bonds is 8. The van der Waals surface area contributed by atoms with Gasteiger partial charge in [0, 0.05) is 23.4 Å². The summed E-state index contributed by atoms with van der Waals surface area (Å²) in [7, 11) is 0. The fourth-order valence-electron chi connectivity index (χ4n) is 2.00. The summed E-state index contributed by atoms with van der Waals surface area (Å²) in [5.41, 5.74) is 2.21. The minimum absolute atomic E-state index is 0.481. The molecule has 0 bridgehead atoms. The number of hydrogen-bond donors (Lipinski definition) is 1. The van der Waals surface area contributed by atoms with Gasteiger partial charge in [-0.3, -0.25) is 0 Å². The Kier molecular flexibility index (Phi) is 6.21. The molecule has 21 heavy (non-hydrogen) atoms. The van der Waals surface area contributed by atoms with Crippen LogP contribution < -0.4 is 10.1 Å². The number of nitrogens with one attached hydrogen (secondary N) is 1. The van der Waals surface area contributed by atoms with Gasteiger partial charge in [0.25, 0.3) is 0 Å². The molecule has 1 N–H and O–H groups in total. The van der Waals surface area contributed by atoms with Gasteiger partial charge in [0.2, 0.25) is 0 Å². The number of nitrogens with zero attached hydrogens (tertiary/aromatic N) is 1. The third kappa shape index (κ3) is 4.83. The first-order chi connectivity index (χ1) is 10.2. The second-order valence-corrected chi connectivity index (χ2v) is 6.29. The minimum Gasteiger partial charge on any atom is -0.487 e. The zero-order valence-electron chi connectivity index (χ0n) is 13.1. The molecule has 0 aliphatic heterocycles. The van der Waals surface area contributed by atoms with Crippen LogP contribution >= 0.6 is 11.3 Å². The standard InChI is InChI=1S/C17H24N2OS/c1-4-9-18-10-14-7-5-6-8-16(14)20-11-15-12-21-17(19-15)13(2)3/h5-8,12-13,18H,4,9-11H2,1-3H3. The summed E-state index contributed by atoms with van der Waals surface area (Å²) >= 11 is 1.71. The van der Waals surface area contributed by atoms with E-state index in [1.165, 1.54) is 10.6 Å². The van der Waals surface area contributed by atoms with Gasteiger partial charge < -0.3 is 10.1 Å². The molecule has 0 saturated carbocycles. The van der Waals surface area contributed by atoms with Crippen molar-refractivity contribution in [1.29, 1.82) is 0 Å². The average molecular weight is 304 g/mol. The third-order valence-corrected chi connectivity index (χ3v) is 4.35. The Morgan fingerprint density at radius 3 is 2.81 bits per heavy atom. The molecule has 2 rings (SSSR count). The van der Waals surface area contributed by atoms with E-state index in [2.05, 4.69) is 48.6 Å². The van der Waals surface area contributed by atoms with Crippen LogP contribution in [-0.2, 0) is 13.2 Å². The van der Waals surface area contributed by atoms with Gasteiger partial charge in [-0.15, -0.1) is 11.3 Å². The Labute approximate surface area is 131 Å². The molecule has 114 valence electrons. The smallest absolute Gasteiger partial charge is 0.131 e. The van der Waals surface area contributed by atoms with Gasteiger partial charge in [-0.2, -0.15) is 0 Å². The molecule has 1 aromatic heterocycles. The van der Waals surface area contributed by atoms with E-state index in [0.29, 0.717) is 12.5 Å². The Bertz CT molecular complexity index is 551. The first-order valence-electron chi connectivity index (χ1n) is 7.56. The van der Waals surface area contributed by atoms with E-state index in [9.17, 15) is 0 Å². The zero-order chi connectivity index (χ0) is 15.1. The van der Waals surface area contributed by atoms with Crippen molar-refractivity contribution in [2.45, 2.75) is 46.3 Å². The summed E-state index contributed by atoms with van der Waals surface area (Å²) in [6.07, 6.45) is 1.14. The summed E-state index contributed by atoms with van der Waals surface area (Å²) in [6.45, 7) is 8.91. The average Bonchev–Trinajstić information content (AvgIpc) is 2.96. The van der Waals surface area contributed by atoms with Crippen LogP contribution in [0.1, 0.15) is 49.4 Å². The molecule has 1 aromatic carbocycles.